The summed E-state index contributed by atoms with van der Waals surface area (Å²) < 4.78 is 7.91. The molecule has 0 aliphatic rings. The Kier molecular flexibility index (Phi) is 4.06. The zero-order chi connectivity index (χ0) is 12.1. The summed E-state index contributed by atoms with van der Waals surface area (Å²) in [5, 5.41) is 0. The fourth-order valence-corrected chi connectivity index (χ4v) is 6.22. The Morgan fingerprint density at radius 2 is 1.29 bits per heavy atom. The Hall–Kier alpha value is -1.45. The van der Waals surface area contributed by atoms with Gasteiger partial charge < -0.3 is 0 Å². The number of carbonyl (C=O) groups excluding carboxylic acids is 1. The van der Waals surface area contributed by atoms with Crippen molar-refractivity contribution >= 4 is 30.8 Å². The minimum atomic E-state index is -2.39. The molecule has 0 saturated carbocycles. The Balaban J connectivity index is 2.36. The van der Waals surface area contributed by atoms with Gasteiger partial charge in [0.05, 0.1) is 0 Å². The van der Waals surface area contributed by atoms with Crippen LogP contribution in [0.25, 0.3) is 0 Å². The number of benzene rings is 2. The van der Waals surface area contributed by atoms with Crippen LogP contribution < -0.4 is 8.24 Å². The van der Waals surface area contributed by atoms with E-state index in [1.807, 2.05) is 60.7 Å². The molecular weight excluding hydrogens is 270 g/mol. The van der Waals surface area contributed by atoms with Gasteiger partial charge in [0.25, 0.3) is 0 Å². The van der Waals surface area contributed by atoms with Crippen LogP contribution in [0.3, 0.4) is 0 Å². The molecule has 84 valence electrons. The third-order valence-corrected chi connectivity index (χ3v) is 7.84. The fraction of sp³-hybridized carbons (Fsp3) is 0.0714. The second-order valence-electron chi connectivity index (χ2n) is 3.81. The maximum atomic E-state index is 11.2. The second kappa shape index (κ2) is 5.75. The predicted molar refractivity (Wildman–Crippen MR) is 69.7 cm³/mol. The second-order valence-corrected chi connectivity index (χ2v) is 8.70. The summed E-state index contributed by atoms with van der Waals surface area (Å²) in [7, 11) is 0. The summed E-state index contributed by atoms with van der Waals surface area (Å²) in [4.78, 5) is 11.2. The Morgan fingerprint density at radius 3 is 1.65 bits per heavy atom. The molecule has 0 amide bonds. The molecule has 0 heterocycles. The number of hydrogen-bond acceptors (Lipinski definition) is 2. The molecule has 0 aliphatic carbocycles. The fourth-order valence-electron chi connectivity index (χ4n) is 1.75. The minimum absolute atomic E-state index is 0.192. The first-order chi connectivity index (χ1) is 8.27. The van der Waals surface area contributed by atoms with Crippen molar-refractivity contribution in [3.8, 4) is 0 Å². The zero-order valence-electron chi connectivity index (χ0n) is 9.67. The predicted octanol–water partition coefficient (Wildman–Crippen LogP) is 1.36. The molecule has 17 heavy (non-hydrogen) atoms. The van der Waals surface area contributed by atoms with Crippen LogP contribution in [0.5, 0.6) is 0 Å². The molecule has 2 nitrogen and oxygen atoms in total. The molecule has 0 unspecified atom stereocenters. The quantitative estimate of drug-likeness (QED) is 0.795. The first-order valence-corrected chi connectivity index (χ1v) is 8.95. The Labute approximate surface area is 107 Å². The van der Waals surface area contributed by atoms with Crippen molar-refractivity contribution in [2.45, 2.75) is 6.92 Å². The SMILES string of the molecule is CC(=O)[O][Ga]([c]1ccccc1)[c]1ccccc1. The van der Waals surface area contributed by atoms with Crippen LogP contribution in [0, 0.1) is 0 Å². The van der Waals surface area contributed by atoms with Gasteiger partial charge in [-0.3, -0.25) is 0 Å². The van der Waals surface area contributed by atoms with E-state index in [1.165, 1.54) is 15.2 Å². The van der Waals surface area contributed by atoms with Crippen molar-refractivity contribution in [1.29, 1.82) is 0 Å². The van der Waals surface area contributed by atoms with Gasteiger partial charge in [-0.05, 0) is 0 Å². The van der Waals surface area contributed by atoms with Crippen molar-refractivity contribution in [2.24, 2.45) is 0 Å². The van der Waals surface area contributed by atoms with E-state index in [-0.39, 0.29) is 5.97 Å². The van der Waals surface area contributed by atoms with Gasteiger partial charge in [-0.25, -0.2) is 0 Å². The molecular formula is C14H13GaO2. The van der Waals surface area contributed by atoms with Crippen molar-refractivity contribution in [3.63, 3.8) is 0 Å². The summed E-state index contributed by atoms with van der Waals surface area (Å²) in [5.41, 5.74) is 0. The van der Waals surface area contributed by atoms with Crippen molar-refractivity contribution in [2.75, 3.05) is 0 Å². The molecule has 0 bridgehead atoms. The molecule has 2 aromatic carbocycles. The Bertz CT molecular complexity index is 443. The van der Waals surface area contributed by atoms with Gasteiger partial charge in [0.1, 0.15) is 0 Å². The monoisotopic (exact) mass is 282 g/mol. The van der Waals surface area contributed by atoms with Crippen molar-refractivity contribution in [1.82, 2.24) is 0 Å². The molecule has 2 aromatic rings. The molecule has 0 N–H and O–H groups in total. The van der Waals surface area contributed by atoms with Crippen molar-refractivity contribution in [3.05, 3.63) is 60.7 Å². The van der Waals surface area contributed by atoms with Gasteiger partial charge in [0.15, 0.2) is 0 Å². The van der Waals surface area contributed by atoms with Crippen LogP contribution >= 0.6 is 0 Å². The molecule has 0 atom stereocenters. The third kappa shape index (κ3) is 3.25. The zero-order valence-corrected chi connectivity index (χ0v) is 12.1. The van der Waals surface area contributed by atoms with E-state index in [0.717, 1.165) is 0 Å². The van der Waals surface area contributed by atoms with Crippen LogP contribution in [0.4, 0.5) is 0 Å². The molecule has 3 heteroatoms. The summed E-state index contributed by atoms with van der Waals surface area (Å²) >= 11 is -2.39. The van der Waals surface area contributed by atoms with Gasteiger partial charge in [-0.1, -0.05) is 0 Å². The summed E-state index contributed by atoms with van der Waals surface area (Å²) in [6.45, 7) is 1.48. The number of hydrogen-bond donors (Lipinski definition) is 0. The topological polar surface area (TPSA) is 26.3 Å². The van der Waals surface area contributed by atoms with Crippen LogP contribution in [0.2, 0.25) is 0 Å². The van der Waals surface area contributed by atoms with E-state index in [4.69, 9.17) is 3.53 Å². The van der Waals surface area contributed by atoms with Crippen LogP contribution in [-0.4, -0.2) is 22.6 Å². The maximum absolute atomic E-state index is 11.2. The molecule has 0 aliphatic heterocycles. The van der Waals surface area contributed by atoms with Gasteiger partial charge in [0, 0.05) is 0 Å². The van der Waals surface area contributed by atoms with E-state index < -0.39 is 16.6 Å². The average molecular weight is 283 g/mol. The molecule has 2 rings (SSSR count). The first-order valence-electron chi connectivity index (χ1n) is 5.54. The van der Waals surface area contributed by atoms with E-state index in [1.54, 1.807) is 0 Å². The molecule has 0 fully saturated rings. The normalized spacial score (nSPS) is 9.71. The van der Waals surface area contributed by atoms with Crippen LogP contribution in [-0.2, 0) is 8.32 Å². The summed E-state index contributed by atoms with van der Waals surface area (Å²) in [5.74, 6) is -0.192. The Morgan fingerprint density at radius 1 is 0.882 bits per heavy atom. The van der Waals surface area contributed by atoms with E-state index in [9.17, 15) is 4.79 Å². The van der Waals surface area contributed by atoms with E-state index >= 15 is 0 Å². The summed E-state index contributed by atoms with van der Waals surface area (Å²) in [6.07, 6.45) is 0. The van der Waals surface area contributed by atoms with E-state index in [2.05, 4.69) is 0 Å². The van der Waals surface area contributed by atoms with Gasteiger partial charge in [-0.15, -0.1) is 0 Å². The molecule has 0 spiro atoms. The van der Waals surface area contributed by atoms with Gasteiger partial charge in [-0.2, -0.15) is 0 Å². The molecule has 0 saturated heterocycles. The van der Waals surface area contributed by atoms with Crippen LogP contribution in [0.1, 0.15) is 6.92 Å². The first kappa shape index (κ1) is 12.0. The van der Waals surface area contributed by atoms with Gasteiger partial charge in [0.2, 0.25) is 0 Å². The van der Waals surface area contributed by atoms with Crippen LogP contribution in [0.15, 0.2) is 60.7 Å². The molecule has 0 radical (unpaired) electrons. The number of rotatable bonds is 3. The molecule has 0 aromatic heterocycles. The number of carbonyl (C=O) groups is 1. The summed E-state index contributed by atoms with van der Waals surface area (Å²) in [6, 6.07) is 20.1. The standard InChI is InChI=1S/2C6H5.C2H4O2.Ga/c2*1-2-4-6-5-3-1;1-2(3)4;/h2*1-5H;1H3,(H,3,4);/q;;;+1/p-1. The third-order valence-electron chi connectivity index (χ3n) is 2.49. The van der Waals surface area contributed by atoms with Gasteiger partial charge >= 0.3 is 107 Å². The van der Waals surface area contributed by atoms with Crippen molar-refractivity contribution < 1.29 is 8.32 Å². The average Bonchev–Trinajstić information content (AvgIpc) is 2.38. The van der Waals surface area contributed by atoms with E-state index in [0.29, 0.717) is 0 Å².